The lowest BCUT2D eigenvalue weighted by Crippen LogP contribution is -2.15. The van der Waals surface area contributed by atoms with Gasteiger partial charge < -0.3 is 46.1 Å². The van der Waals surface area contributed by atoms with Crippen molar-refractivity contribution in [2.75, 3.05) is 35.5 Å². The number of methoxy groups -OCH3 is 2. The lowest BCUT2D eigenvalue weighted by molar-refractivity contribution is 0.0695. The molecule has 0 atom stereocenters. The third-order valence-electron chi connectivity index (χ3n) is 11.6. The largest absolute Gasteiger partial charge is 0.505 e. The average Bonchev–Trinajstić information content (AvgIpc) is 3.43. The molecule has 4 amide bonds. The molecule has 75 heavy (non-hydrogen) atoms. The number of amides is 4. The molecule has 0 bridgehead atoms. The molecule has 0 spiro atoms. The summed E-state index contributed by atoms with van der Waals surface area (Å²) in [4.78, 5) is 67.0. The van der Waals surface area contributed by atoms with Crippen LogP contribution in [0, 0.1) is 0 Å². The molecule has 370 valence electrons. The van der Waals surface area contributed by atoms with Crippen LogP contribution in [0.15, 0.2) is 196 Å². The molecular formula is C57H42N8O10. The summed E-state index contributed by atoms with van der Waals surface area (Å²) >= 11 is 0. The number of carbonyl (C=O) groups is 5. The van der Waals surface area contributed by atoms with E-state index in [2.05, 4.69) is 41.7 Å². The van der Waals surface area contributed by atoms with Gasteiger partial charge in [0.2, 0.25) is 0 Å². The first kappa shape index (κ1) is 49.2. The van der Waals surface area contributed by atoms with E-state index in [4.69, 9.17) is 9.47 Å². The molecule has 0 radical (unpaired) electrons. The van der Waals surface area contributed by atoms with Crippen LogP contribution >= 0.6 is 0 Å². The third-order valence-corrected chi connectivity index (χ3v) is 11.6. The van der Waals surface area contributed by atoms with E-state index in [1.54, 1.807) is 121 Å². The highest BCUT2D eigenvalue weighted by Crippen LogP contribution is 2.43. The number of ether oxygens (including phenoxy) is 2. The minimum absolute atomic E-state index is 0.0906. The van der Waals surface area contributed by atoms with E-state index in [0.29, 0.717) is 32.9 Å². The van der Waals surface area contributed by atoms with Crippen molar-refractivity contribution in [3.8, 4) is 23.0 Å². The van der Waals surface area contributed by atoms with E-state index in [-0.39, 0.29) is 73.4 Å². The number of nitrogens with one attached hydrogen (secondary N) is 4. The highest BCUT2D eigenvalue weighted by atomic mass is 16.5. The number of carboxylic acids is 1. The molecule has 0 saturated heterocycles. The summed E-state index contributed by atoms with van der Waals surface area (Å²) in [6.45, 7) is 0. The van der Waals surface area contributed by atoms with E-state index in [0.717, 1.165) is 12.1 Å². The number of anilines is 4. The first-order chi connectivity index (χ1) is 36.4. The quantitative estimate of drug-likeness (QED) is 0.0478. The van der Waals surface area contributed by atoms with E-state index in [9.17, 15) is 39.3 Å². The molecule has 18 heteroatoms. The van der Waals surface area contributed by atoms with E-state index < -0.39 is 41.1 Å². The molecule has 0 aliphatic heterocycles. The van der Waals surface area contributed by atoms with Gasteiger partial charge in [0, 0.05) is 44.6 Å². The summed E-state index contributed by atoms with van der Waals surface area (Å²) in [5.41, 5.74) is 0.679. The van der Waals surface area contributed by atoms with Gasteiger partial charge in [-0.3, -0.25) is 19.2 Å². The van der Waals surface area contributed by atoms with Crippen LogP contribution in [0.2, 0.25) is 0 Å². The van der Waals surface area contributed by atoms with Crippen LogP contribution < -0.4 is 30.7 Å². The van der Waals surface area contributed by atoms with Crippen LogP contribution in [0.4, 0.5) is 45.5 Å². The van der Waals surface area contributed by atoms with E-state index >= 15 is 0 Å². The summed E-state index contributed by atoms with van der Waals surface area (Å²) in [6, 6.07) is 46.9. The van der Waals surface area contributed by atoms with Crippen molar-refractivity contribution in [2.24, 2.45) is 20.5 Å². The zero-order valence-electron chi connectivity index (χ0n) is 39.7. The number of azo groups is 2. The molecule has 0 saturated carbocycles. The molecule has 0 aliphatic carbocycles. The molecule has 0 heterocycles. The third kappa shape index (κ3) is 10.9. The second-order valence-corrected chi connectivity index (χ2v) is 16.5. The Morgan fingerprint density at radius 1 is 0.400 bits per heavy atom. The van der Waals surface area contributed by atoms with Gasteiger partial charge in [-0.2, -0.15) is 0 Å². The normalized spacial score (nSPS) is 11.1. The highest BCUT2D eigenvalue weighted by Gasteiger charge is 2.23. The van der Waals surface area contributed by atoms with Gasteiger partial charge in [-0.25, -0.2) is 4.79 Å². The number of phenolic OH excluding ortho intramolecular Hbond substituents is 2. The van der Waals surface area contributed by atoms with Gasteiger partial charge in [0.1, 0.15) is 34.2 Å². The SMILES string of the molecule is COc1ccc(C(=O)Nc2ccccc2)cc1N=Nc1c(O)c(C(=O)Nc2cc(NC(=O)c3cc4ccccc4c(N=Nc4cc(C(=O)Nc5ccccc5)ccc4OC)c3O)cc(C(=O)O)c2)cc2ccccc12. The number of hydrogen-bond donors (Lipinski definition) is 7. The fourth-order valence-corrected chi connectivity index (χ4v) is 7.95. The zero-order valence-corrected chi connectivity index (χ0v) is 39.7. The summed E-state index contributed by atoms with van der Waals surface area (Å²) in [7, 11) is 2.84. The molecule has 9 aromatic rings. The minimum atomic E-state index is -1.40. The van der Waals surface area contributed by atoms with Crippen LogP contribution in [-0.4, -0.2) is 59.1 Å². The van der Waals surface area contributed by atoms with Crippen molar-refractivity contribution in [3.05, 3.63) is 204 Å². The van der Waals surface area contributed by atoms with Crippen LogP contribution in [0.3, 0.4) is 0 Å². The Hall–Kier alpha value is -10.8. The number of hydrogen-bond acceptors (Lipinski definition) is 13. The number of benzene rings is 9. The Morgan fingerprint density at radius 2 is 0.787 bits per heavy atom. The Balaban J connectivity index is 0.995. The van der Waals surface area contributed by atoms with Crippen molar-refractivity contribution in [2.45, 2.75) is 0 Å². The van der Waals surface area contributed by atoms with Crippen molar-refractivity contribution in [1.29, 1.82) is 0 Å². The first-order valence-electron chi connectivity index (χ1n) is 22.8. The number of carboxylic acid groups (broad SMARTS) is 1. The molecule has 7 N–H and O–H groups in total. The fraction of sp³-hybridized carbons (Fsp3) is 0.0351. The van der Waals surface area contributed by atoms with Gasteiger partial charge >= 0.3 is 5.97 Å². The predicted octanol–water partition coefficient (Wildman–Crippen LogP) is 13.0. The molecule has 9 aromatic carbocycles. The first-order valence-corrected chi connectivity index (χ1v) is 22.8. The zero-order chi connectivity index (χ0) is 52.6. The van der Waals surface area contributed by atoms with Crippen molar-refractivity contribution >= 4 is 96.6 Å². The lowest BCUT2D eigenvalue weighted by Gasteiger charge is -2.14. The molecule has 0 fully saturated rings. The maximum Gasteiger partial charge on any atom is 0.335 e. The van der Waals surface area contributed by atoms with Gasteiger partial charge in [-0.15, -0.1) is 20.5 Å². The number of phenols is 2. The summed E-state index contributed by atoms with van der Waals surface area (Å²) in [5.74, 6) is -4.62. The average molecular weight is 999 g/mol. The second kappa shape index (κ2) is 21.7. The maximum absolute atomic E-state index is 14.1. The topological polar surface area (TPSA) is 262 Å². The Bertz CT molecular complexity index is 3560. The number of fused-ring (bicyclic) bond motifs is 2. The van der Waals surface area contributed by atoms with Gasteiger partial charge in [0.15, 0.2) is 11.5 Å². The van der Waals surface area contributed by atoms with Crippen molar-refractivity contribution in [3.63, 3.8) is 0 Å². The maximum atomic E-state index is 14.1. The Morgan fingerprint density at radius 3 is 1.19 bits per heavy atom. The predicted molar refractivity (Wildman–Crippen MR) is 284 cm³/mol. The Kier molecular flexibility index (Phi) is 14.3. The van der Waals surface area contributed by atoms with Gasteiger partial charge in [-0.1, -0.05) is 84.9 Å². The number of aromatic carboxylic acids is 1. The monoisotopic (exact) mass is 998 g/mol. The summed E-state index contributed by atoms with van der Waals surface area (Å²) < 4.78 is 11.0. The Labute approximate surface area is 426 Å². The molecule has 18 nitrogen and oxygen atoms in total. The molecular weight excluding hydrogens is 957 g/mol. The number of carbonyl (C=O) groups excluding carboxylic acids is 4. The standard InChI is InChI=1S/C57H42N8O10/c1-74-47-23-21-34(53(68)58-37-15-5-3-6-16-37)29-45(47)62-64-49-41-19-11-9-13-32(41)27-43(51(49)66)55(70)60-39-25-36(57(72)73)26-40(31-39)61-56(71)44-28-33-14-10-12-20-42(33)50(52(44)67)65-63-46-30-35(22-24-48(46)75-2)54(69)59-38-17-7-4-8-18-38/h3-31,66-67H,1-2H3,(H,58,68)(H,59,69)(H,60,70)(H,61,71)(H,72,73). The fourth-order valence-electron chi connectivity index (χ4n) is 7.95. The minimum Gasteiger partial charge on any atom is -0.505 e. The van der Waals surface area contributed by atoms with Gasteiger partial charge in [0.05, 0.1) is 30.9 Å². The lowest BCUT2D eigenvalue weighted by atomic mass is 10.0. The number of nitrogens with zero attached hydrogens (tertiary/aromatic N) is 4. The molecule has 0 aromatic heterocycles. The number of para-hydroxylation sites is 2. The van der Waals surface area contributed by atoms with Crippen LogP contribution in [0.25, 0.3) is 21.5 Å². The van der Waals surface area contributed by atoms with Crippen molar-refractivity contribution in [1.82, 2.24) is 0 Å². The van der Waals surface area contributed by atoms with Crippen LogP contribution in [0.5, 0.6) is 23.0 Å². The van der Waals surface area contributed by atoms with E-state index in [1.165, 1.54) is 44.6 Å². The van der Waals surface area contributed by atoms with Crippen LogP contribution in [-0.2, 0) is 0 Å². The van der Waals surface area contributed by atoms with Gasteiger partial charge in [-0.05, 0) is 102 Å². The molecule has 0 aliphatic rings. The number of aromatic hydroxyl groups is 2. The molecule has 9 rings (SSSR count). The molecule has 0 unspecified atom stereocenters. The highest BCUT2D eigenvalue weighted by molar-refractivity contribution is 6.14. The van der Waals surface area contributed by atoms with Crippen molar-refractivity contribution < 1.29 is 48.8 Å². The van der Waals surface area contributed by atoms with E-state index in [1.807, 2.05) is 12.1 Å². The summed E-state index contributed by atoms with van der Waals surface area (Å²) in [6.07, 6.45) is 0. The second-order valence-electron chi connectivity index (χ2n) is 16.5. The summed E-state index contributed by atoms with van der Waals surface area (Å²) in [5, 5.41) is 63.6. The van der Waals surface area contributed by atoms with Crippen LogP contribution in [0.1, 0.15) is 51.8 Å². The van der Waals surface area contributed by atoms with Gasteiger partial charge in [0.25, 0.3) is 23.6 Å². The number of rotatable bonds is 15. The smallest absolute Gasteiger partial charge is 0.335 e.